The molecule has 0 saturated carbocycles. The molecule has 7 unspecified atom stereocenters. The van der Waals surface area contributed by atoms with Crippen molar-refractivity contribution in [2.45, 2.75) is 102 Å². The van der Waals surface area contributed by atoms with Crippen LogP contribution in [-0.2, 0) is 16.0 Å². The van der Waals surface area contributed by atoms with E-state index in [-0.39, 0.29) is 35.1 Å². The van der Waals surface area contributed by atoms with E-state index in [0.717, 1.165) is 50.6 Å². The number of fused-ring (bicyclic) bond motifs is 5. The van der Waals surface area contributed by atoms with Crippen LogP contribution in [0, 0.1) is 29.1 Å². The molecule has 0 radical (unpaired) electrons. The normalized spacial score (nSPS) is 32.7. The van der Waals surface area contributed by atoms with Crippen LogP contribution in [-0.4, -0.2) is 66.6 Å². The largest absolute Gasteiger partial charge is 0.504 e. The number of aromatic hydroxyl groups is 1. The van der Waals surface area contributed by atoms with Crippen molar-refractivity contribution in [3.63, 3.8) is 0 Å². The van der Waals surface area contributed by atoms with Gasteiger partial charge in [-0.25, -0.2) is 0 Å². The highest BCUT2D eigenvalue weighted by atomic mass is 16.5. The van der Waals surface area contributed by atoms with Crippen molar-refractivity contribution in [3.05, 3.63) is 23.8 Å². The quantitative estimate of drug-likeness (QED) is 0.162. The molecule has 1 aromatic carbocycles. The number of carbonyl (C=O) groups is 1. The SMILES string of the molecule is CCC1(CNC(N)=NC)C#CC2CCCC3CC(CCN3)Oc3cc(ccc3O)CC2C(OC(C)=O)CC(O)CC1. The first-order valence-corrected chi connectivity index (χ1v) is 15.3. The number of nitrogens with one attached hydrogen (secondary N) is 2. The molecule has 9 heteroatoms. The maximum Gasteiger partial charge on any atom is 0.302 e. The van der Waals surface area contributed by atoms with Crippen LogP contribution in [0.5, 0.6) is 11.5 Å². The summed E-state index contributed by atoms with van der Waals surface area (Å²) in [6.45, 7) is 4.98. The molecule has 1 aliphatic carbocycles. The first-order valence-electron chi connectivity index (χ1n) is 15.3. The van der Waals surface area contributed by atoms with E-state index < -0.39 is 12.2 Å². The van der Waals surface area contributed by atoms with Gasteiger partial charge in [-0.05, 0) is 75.6 Å². The standard InChI is InChI=1S/C32H48N4O5/c1-4-32(20-36-31(33)34-3)13-10-23-6-5-7-24-18-26(12-15-35-24)41-30-17-22(8-9-28(30)39)16-27(23)29(40-21(2)37)19-25(38)11-14-32/h8-9,17,23-27,29,35,38-39H,4-7,11-12,14-16,18-20H2,1-3H3,(H3,33,34,36). The van der Waals surface area contributed by atoms with E-state index in [1.54, 1.807) is 13.1 Å². The third-order valence-electron chi connectivity index (χ3n) is 9.12. The van der Waals surface area contributed by atoms with Crippen molar-refractivity contribution in [1.82, 2.24) is 10.6 Å². The Balaban J connectivity index is 1.77. The molecular weight excluding hydrogens is 520 g/mol. The van der Waals surface area contributed by atoms with Gasteiger partial charge in [0.15, 0.2) is 17.5 Å². The van der Waals surface area contributed by atoms with E-state index in [1.165, 1.54) is 6.92 Å². The molecule has 1 saturated heterocycles. The lowest BCUT2D eigenvalue weighted by atomic mass is 9.74. The molecule has 2 heterocycles. The zero-order chi connectivity index (χ0) is 29.4. The molecule has 4 bridgehead atoms. The highest BCUT2D eigenvalue weighted by Gasteiger charge is 2.36. The van der Waals surface area contributed by atoms with Crippen LogP contribution in [0.1, 0.15) is 77.2 Å². The molecule has 3 aliphatic rings. The fourth-order valence-electron chi connectivity index (χ4n) is 6.56. The predicted molar refractivity (Wildman–Crippen MR) is 160 cm³/mol. The number of piperidine rings is 1. The van der Waals surface area contributed by atoms with Crippen molar-refractivity contribution >= 4 is 11.9 Å². The number of esters is 1. The van der Waals surface area contributed by atoms with Crippen LogP contribution >= 0.6 is 0 Å². The van der Waals surface area contributed by atoms with Gasteiger partial charge in [-0.2, -0.15) is 0 Å². The van der Waals surface area contributed by atoms with E-state index in [4.69, 9.17) is 15.2 Å². The van der Waals surface area contributed by atoms with Gasteiger partial charge >= 0.3 is 5.97 Å². The molecule has 2 aliphatic heterocycles. The molecule has 9 nitrogen and oxygen atoms in total. The lowest BCUT2D eigenvalue weighted by molar-refractivity contribution is -0.152. The summed E-state index contributed by atoms with van der Waals surface area (Å²) in [5, 5.41) is 28.7. The number of nitrogens with zero attached hydrogens (tertiary/aromatic N) is 1. The van der Waals surface area contributed by atoms with E-state index in [1.807, 2.05) is 12.1 Å². The minimum absolute atomic E-state index is 0.0457. The van der Waals surface area contributed by atoms with Gasteiger partial charge in [-0.15, -0.1) is 0 Å². The molecule has 1 fully saturated rings. The maximum absolute atomic E-state index is 12.3. The summed E-state index contributed by atoms with van der Waals surface area (Å²) in [6.07, 6.45) is 6.45. The average Bonchev–Trinajstić information content (AvgIpc) is 2.95. The molecule has 4 rings (SSSR count). The minimum atomic E-state index is -0.644. The average molecular weight is 569 g/mol. The Labute approximate surface area is 244 Å². The van der Waals surface area contributed by atoms with Gasteiger partial charge in [0, 0.05) is 50.2 Å². The van der Waals surface area contributed by atoms with Crippen LogP contribution in [0.15, 0.2) is 23.2 Å². The molecule has 6 N–H and O–H groups in total. The Kier molecular flexibility index (Phi) is 10.8. The monoisotopic (exact) mass is 568 g/mol. The van der Waals surface area contributed by atoms with E-state index in [0.29, 0.717) is 50.0 Å². The predicted octanol–water partition coefficient (Wildman–Crippen LogP) is 3.26. The Morgan fingerprint density at radius 2 is 2.12 bits per heavy atom. The summed E-state index contributed by atoms with van der Waals surface area (Å²) in [4.78, 5) is 16.4. The fourth-order valence-corrected chi connectivity index (χ4v) is 6.56. The lowest BCUT2D eigenvalue weighted by Gasteiger charge is -2.36. The second-order valence-corrected chi connectivity index (χ2v) is 12.1. The number of aliphatic imine (C=N–C) groups is 1. The van der Waals surface area contributed by atoms with Gasteiger partial charge in [0.2, 0.25) is 0 Å². The van der Waals surface area contributed by atoms with Crippen molar-refractivity contribution < 1.29 is 24.5 Å². The fraction of sp³-hybridized carbons (Fsp3) is 0.688. The maximum atomic E-state index is 12.3. The number of hydrogen-bond acceptors (Lipinski definition) is 7. The lowest BCUT2D eigenvalue weighted by Crippen LogP contribution is -2.42. The number of benzene rings is 1. The number of aliphatic hydroxyl groups is 1. The summed E-state index contributed by atoms with van der Waals surface area (Å²) < 4.78 is 12.3. The number of guanidine groups is 1. The Morgan fingerprint density at radius 3 is 2.88 bits per heavy atom. The van der Waals surface area contributed by atoms with Gasteiger partial charge in [-0.1, -0.05) is 31.3 Å². The second-order valence-electron chi connectivity index (χ2n) is 12.1. The van der Waals surface area contributed by atoms with Crippen LogP contribution in [0.25, 0.3) is 0 Å². The van der Waals surface area contributed by atoms with Gasteiger partial charge in [-0.3, -0.25) is 9.79 Å². The van der Waals surface area contributed by atoms with E-state index in [9.17, 15) is 15.0 Å². The minimum Gasteiger partial charge on any atom is -0.504 e. The number of phenolic OH excluding ortho intramolecular Hbond substituents is 1. The highest BCUT2D eigenvalue weighted by Crippen LogP contribution is 2.37. The zero-order valence-corrected chi connectivity index (χ0v) is 24.8. The van der Waals surface area contributed by atoms with Gasteiger partial charge in [0.25, 0.3) is 0 Å². The Hall–Kier alpha value is -2.96. The summed E-state index contributed by atoms with van der Waals surface area (Å²) >= 11 is 0. The number of nitrogens with two attached hydrogens (primary N) is 1. The van der Waals surface area contributed by atoms with Crippen LogP contribution < -0.4 is 21.1 Å². The summed E-state index contributed by atoms with van der Waals surface area (Å²) in [7, 11) is 1.65. The number of hydrogen-bond donors (Lipinski definition) is 5. The van der Waals surface area contributed by atoms with Crippen LogP contribution in [0.4, 0.5) is 0 Å². The van der Waals surface area contributed by atoms with E-state index in [2.05, 4.69) is 34.4 Å². The molecule has 1 aromatic rings. The van der Waals surface area contributed by atoms with Crippen molar-refractivity contribution in [2.24, 2.45) is 28.0 Å². The Bertz CT molecular complexity index is 1130. The van der Waals surface area contributed by atoms with Crippen LogP contribution in [0.3, 0.4) is 0 Å². The van der Waals surface area contributed by atoms with Crippen LogP contribution in [0.2, 0.25) is 0 Å². The number of ether oxygens (including phenoxy) is 2. The first kappa shape index (κ1) is 31.0. The number of rotatable bonds is 4. The summed E-state index contributed by atoms with van der Waals surface area (Å²) in [6, 6.07) is 5.84. The third-order valence-corrected chi connectivity index (χ3v) is 9.12. The van der Waals surface area contributed by atoms with Gasteiger partial charge in [0.05, 0.1) is 6.10 Å². The van der Waals surface area contributed by atoms with Crippen molar-refractivity contribution in [3.8, 4) is 23.3 Å². The first-order chi connectivity index (χ1) is 19.7. The molecule has 226 valence electrons. The highest BCUT2D eigenvalue weighted by molar-refractivity contribution is 5.77. The molecule has 0 spiro atoms. The zero-order valence-electron chi connectivity index (χ0n) is 24.8. The number of carbonyl (C=O) groups excluding carboxylic acids is 1. The van der Waals surface area contributed by atoms with Gasteiger partial charge in [0.1, 0.15) is 12.2 Å². The van der Waals surface area contributed by atoms with Crippen molar-refractivity contribution in [1.29, 1.82) is 0 Å². The molecular formula is C32H48N4O5. The van der Waals surface area contributed by atoms with Gasteiger partial charge < -0.3 is 36.1 Å². The molecule has 0 aromatic heterocycles. The summed E-state index contributed by atoms with van der Waals surface area (Å²) in [5.74, 6) is 7.77. The smallest absolute Gasteiger partial charge is 0.302 e. The third kappa shape index (κ3) is 8.52. The Morgan fingerprint density at radius 1 is 1.29 bits per heavy atom. The molecule has 7 atom stereocenters. The number of phenols is 1. The van der Waals surface area contributed by atoms with E-state index >= 15 is 0 Å². The summed E-state index contributed by atoms with van der Waals surface area (Å²) in [5.41, 5.74) is 6.58. The molecule has 0 amide bonds. The number of aliphatic hydroxyl groups excluding tert-OH is 1. The second kappa shape index (κ2) is 14.3. The molecule has 41 heavy (non-hydrogen) atoms. The van der Waals surface area contributed by atoms with Crippen molar-refractivity contribution in [2.75, 3.05) is 20.1 Å². The topological polar surface area (TPSA) is 138 Å².